The van der Waals surface area contributed by atoms with Crippen LogP contribution in [0.15, 0.2) is 12.1 Å². The summed E-state index contributed by atoms with van der Waals surface area (Å²) in [6.07, 6.45) is 0. The summed E-state index contributed by atoms with van der Waals surface area (Å²) in [5.41, 5.74) is -4.98. The second-order valence-electron chi connectivity index (χ2n) is 3.85. The van der Waals surface area contributed by atoms with Crippen LogP contribution in [0, 0.1) is 10.7 Å². The summed E-state index contributed by atoms with van der Waals surface area (Å²) in [5, 5.41) is 2.37. The van der Waals surface area contributed by atoms with E-state index in [1.54, 1.807) is 6.07 Å². The van der Waals surface area contributed by atoms with E-state index in [0.29, 0.717) is 9.13 Å². The topological polar surface area (TPSA) is 75.3 Å². The van der Waals surface area contributed by atoms with Crippen LogP contribution in [0.4, 0.5) is 13.2 Å². The zero-order chi connectivity index (χ0) is 17.1. The number of nitrogens with one attached hydrogen (secondary N) is 2. The monoisotopic (exact) mass is 674 g/mol. The van der Waals surface area contributed by atoms with Crippen molar-refractivity contribution in [1.29, 1.82) is 0 Å². The van der Waals surface area contributed by atoms with E-state index in [-0.39, 0.29) is 6.54 Å². The Morgan fingerprint density at radius 1 is 1.14 bits per heavy atom. The van der Waals surface area contributed by atoms with Gasteiger partial charge >= 0.3 is 15.5 Å². The SMILES string of the molecule is O=C(NCCNS(=O)(=O)C(F)(F)F)c1cc(I)cc(I)c1I. The van der Waals surface area contributed by atoms with Gasteiger partial charge in [-0.15, -0.1) is 0 Å². The fourth-order valence-corrected chi connectivity index (χ4v) is 4.20. The number of sulfonamides is 1. The fraction of sp³-hybridized carbons (Fsp3) is 0.300. The molecule has 0 spiro atoms. The van der Waals surface area contributed by atoms with E-state index in [2.05, 4.69) is 27.9 Å². The Balaban J connectivity index is 2.62. The molecule has 0 aromatic heterocycles. The highest BCUT2D eigenvalue weighted by Gasteiger charge is 2.45. The van der Waals surface area contributed by atoms with Crippen molar-refractivity contribution in [2.75, 3.05) is 13.1 Å². The van der Waals surface area contributed by atoms with Crippen molar-refractivity contribution in [3.63, 3.8) is 0 Å². The molecule has 0 atom stereocenters. The van der Waals surface area contributed by atoms with Crippen LogP contribution in [-0.4, -0.2) is 32.9 Å². The lowest BCUT2D eigenvalue weighted by atomic mass is 10.2. The molecular weight excluding hydrogens is 666 g/mol. The first kappa shape index (κ1) is 20.6. The molecule has 1 rings (SSSR count). The standard InChI is InChI=1S/C10H8F3I3N2O3S/c11-10(12,13)22(20,21)18-2-1-17-9(19)6-3-5(14)4-7(15)8(6)16/h3-4,18H,1-2H2,(H,17,19). The van der Waals surface area contributed by atoms with Gasteiger partial charge in [-0.1, -0.05) is 0 Å². The number of carbonyl (C=O) groups excluding carboxylic acids is 1. The van der Waals surface area contributed by atoms with Gasteiger partial charge < -0.3 is 5.32 Å². The molecular formula is C10H8F3I3N2O3S. The highest BCUT2D eigenvalue weighted by atomic mass is 127. The Bertz CT molecular complexity index is 680. The molecule has 22 heavy (non-hydrogen) atoms. The van der Waals surface area contributed by atoms with Gasteiger partial charge in [-0.3, -0.25) is 4.79 Å². The lowest BCUT2D eigenvalue weighted by molar-refractivity contribution is -0.0447. The Kier molecular flexibility index (Phi) is 7.60. The molecule has 0 fully saturated rings. The molecule has 0 aliphatic rings. The van der Waals surface area contributed by atoms with Crippen molar-refractivity contribution in [3.05, 3.63) is 28.4 Å². The summed E-state index contributed by atoms with van der Waals surface area (Å²) in [6.45, 7) is -0.808. The molecule has 0 aliphatic heterocycles. The van der Waals surface area contributed by atoms with Crippen molar-refractivity contribution >= 4 is 83.7 Å². The van der Waals surface area contributed by atoms with E-state index >= 15 is 0 Å². The molecule has 0 saturated carbocycles. The first-order chi connectivity index (χ1) is 9.95. The minimum Gasteiger partial charge on any atom is -0.351 e. The van der Waals surface area contributed by atoms with Gasteiger partial charge in [0.05, 0.1) is 5.56 Å². The zero-order valence-electron chi connectivity index (χ0n) is 10.5. The molecule has 0 aliphatic carbocycles. The fourth-order valence-electron chi connectivity index (χ4n) is 1.26. The molecule has 12 heteroatoms. The molecule has 0 saturated heterocycles. The lowest BCUT2D eigenvalue weighted by Gasteiger charge is -2.11. The van der Waals surface area contributed by atoms with Crippen LogP contribution in [0.3, 0.4) is 0 Å². The maximum absolute atomic E-state index is 12.1. The van der Waals surface area contributed by atoms with Crippen LogP contribution in [0.25, 0.3) is 0 Å². The molecule has 0 heterocycles. The van der Waals surface area contributed by atoms with Crippen LogP contribution in [0.2, 0.25) is 0 Å². The molecule has 1 amide bonds. The van der Waals surface area contributed by atoms with E-state index in [1.807, 2.05) is 51.2 Å². The van der Waals surface area contributed by atoms with Gasteiger partial charge in [0.2, 0.25) is 0 Å². The van der Waals surface area contributed by atoms with Gasteiger partial charge in [-0.05, 0) is 79.9 Å². The normalized spacial score (nSPS) is 12.3. The minimum atomic E-state index is -5.39. The molecule has 0 unspecified atom stereocenters. The number of benzene rings is 1. The average molecular weight is 674 g/mol. The Hall–Kier alpha value is 0.580. The number of hydrogen-bond acceptors (Lipinski definition) is 3. The molecule has 5 nitrogen and oxygen atoms in total. The second-order valence-corrected chi connectivity index (χ2v) is 9.09. The molecule has 0 bridgehead atoms. The Morgan fingerprint density at radius 2 is 1.73 bits per heavy atom. The number of rotatable bonds is 5. The minimum absolute atomic E-state index is 0.258. The molecule has 0 radical (unpaired) electrons. The van der Waals surface area contributed by atoms with Gasteiger partial charge in [-0.25, -0.2) is 13.1 Å². The smallest absolute Gasteiger partial charge is 0.351 e. The third-order valence-corrected chi connectivity index (χ3v) is 7.11. The maximum atomic E-state index is 12.1. The highest BCUT2D eigenvalue weighted by Crippen LogP contribution is 2.23. The Morgan fingerprint density at radius 3 is 2.27 bits per heavy atom. The van der Waals surface area contributed by atoms with Gasteiger partial charge in [0.15, 0.2) is 0 Å². The van der Waals surface area contributed by atoms with E-state index in [1.165, 1.54) is 4.72 Å². The molecule has 1 aromatic rings. The quantitative estimate of drug-likeness (QED) is 0.287. The van der Waals surface area contributed by atoms with Crippen molar-refractivity contribution in [2.45, 2.75) is 5.51 Å². The first-order valence-corrected chi connectivity index (χ1v) is 10.2. The van der Waals surface area contributed by atoms with Crippen molar-refractivity contribution in [1.82, 2.24) is 10.0 Å². The maximum Gasteiger partial charge on any atom is 0.511 e. The highest BCUT2D eigenvalue weighted by molar-refractivity contribution is 14.1. The number of amides is 1. The van der Waals surface area contributed by atoms with Crippen LogP contribution >= 0.6 is 67.8 Å². The summed E-state index contributed by atoms with van der Waals surface area (Å²) < 4.78 is 61.6. The predicted molar refractivity (Wildman–Crippen MR) is 99.9 cm³/mol. The van der Waals surface area contributed by atoms with Gasteiger partial charge in [-0.2, -0.15) is 13.2 Å². The summed E-state index contributed by atoms with van der Waals surface area (Å²) in [5.74, 6) is -0.480. The molecule has 1 aromatic carbocycles. The van der Waals surface area contributed by atoms with Gasteiger partial charge in [0.1, 0.15) is 0 Å². The largest absolute Gasteiger partial charge is 0.511 e. The van der Waals surface area contributed by atoms with Crippen LogP contribution < -0.4 is 10.0 Å². The number of halogens is 6. The van der Waals surface area contributed by atoms with E-state index < -0.39 is 28.0 Å². The Labute approximate surface area is 165 Å². The lowest BCUT2D eigenvalue weighted by Crippen LogP contribution is -2.41. The van der Waals surface area contributed by atoms with Crippen molar-refractivity contribution in [3.8, 4) is 0 Å². The van der Waals surface area contributed by atoms with E-state index in [4.69, 9.17) is 0 Å². The third kappa shape index (κ3) is 5.59. The number of hydrogen-bond donors (Lipinski definition) is 2. The molecule has 124 valence electrons. The van der Waals surface area contributed by atoms with E-state index in [0.717, 1.165) is 7.14 Å². The van der Waals surface area contributed by atoms with Crippen molar-refractivity contribution in [2.24, 2.45) is 0 Å². The summed E-state index contributed by atoms with van der Waals surface area (Å²) >= 11 is 6.09. The summed E-state index contributed by atoms with van der Waals surface area (Å²) in [6, 6.07) is 3.51. The van der Waals surface area contributed by atoms with Crippen LogP contribution in [0.5, 0.6) is 0 Å². The number of carbonyl (C=O) groups is 1. The van der Waals surface area contributed by atoms with Gasteiger partial charge in [0, 0.05) is 23.8 Å². The second kappa shape index (κ2) is 8.11. The number of alkyl halides is 3. The summed E-state index contributed by atoms with van der Waals surface area (Å²) in [4.78, 5) is 12.0. The van der Waals surface area contributed by atoms with Gasteiger partial charge in [0.25, 0.3) is 5.91 Å². The average Bonchev–Trinajstić information content (AvgIpc) is 2.37. The third-order valence-electron chi connectivity index (χ3n) is 2.24. The predicted octanol–water partition coefficient (Wildman–Crippen LogP) is 2.67. The van der Waals surface area contributed by atoms with Crippen LogP contribution in [-0.2, 0) is 10.0 Å². The summed E-state index contributed by atoms with van der Waals surface area (Å²) in [7, 11) is -5.39. The first-order valence-electron chi connectivity index (χ1n) is 5.44. The van der Waals surface area contributed by atoms with E-state index in [9.17, 15) is 26.4 Å². The molecule has 2 N–H and O–H groups in total. The van der Waals surface area contributed by atoms with Crippen LogP contribution in [0.1, 0.15) is 10.4 Å². The van der Waals surface area contributed by atoms with Crippen molar-refractivity contribution < 1.29 is 26.4 Å². The zero-order valence-corrected chi connectivity index (χ0v) is 17.8.